The van der Waals surface area contributed by atoms with Crippen molar-refractivity contribution in [3.8, 4) is 11.1 Å². The second kappa shape index (κ2) is 17.5. The number of esters is 1. The van der Waals surface area contributed by atoms with E-state index < -0.39 is 23.8 Å². The predicted octanol–water partition coefficient (Wildman–Crippen LogP) is 7.96. The van der Waals surface area contributed by atoms with E-state index in [4.69, 9.17) is 16.3 Å². The highest BCUT2D eigenvalue weighted by Crippen LogP contribution is 2.42. The number of amidine groups is 1. The third-order valence-electron chi connectivity index (χ3n) is 9.58. The number of benzene rings is 2. The molecule has 5 N–H and O–H groups in total. The van der Waals surface area contributed by atoms with Crippen molar-refractivity contribution in [3.63, 3.8) is 0 Å². The number of hydrogen-bond acceptors (Lipinski definition) is 8. The van der Waals surface area contributed by atoms with Gasteiger partial charge in [-0.3, -0.25) is 9.59 Å². The Morgan fingerprint density at radius 3 is 2.22 bits per heavy atom. The molecule has 2 atom stereocenters. The van der Waals surface area contributed by atoms with Crippen LogP contribution in [0.1, 0.15) is 86.7 Å². The van der Waals surface area contributed by atoms with Crippen LogP contribution in [0.4, 0.5) is 11.5 Å². The Labute approximate surface area is 323 Å². The number of aromatic carboxylic acids is 2. The van der Waals surface area contributed by atoms with Crippen molar-refractivity contribution < 1.29 is 38.9 Å². The van der Waals surface area contributed by atoms with Gasteiger partial charge in [0.2, 0.25) is 17.5 Å². The number of H-pyrrole nitrogens is 1. The van der Waals surface area contributed by atoms with Crippen LogP contribution in [0.3, 0.4) is 0 Å². The molecule has 55 heavy (non-hydrogen) atoms. The van der Waals surface area contributed by atoms with Crippen LogP contribution in [0.5, 0.6) is 0 Å². The van der Waals surface area contributed by atoms with Crippen LogP contribution in [0.2, 0.25) is 0 Å². The molecule has 5 rings (SSSR count). The number of nitrogens with zero attached hydrogens (tertiary/aromatic N) is 2. The summed E-state index contributed by atoms with van der Waals surface area (Å²) in [5, 5.41) is 24.3. The molecular formula is C41H43N5O8S. The smallest absolute Gasteiger partial charge is 0.342 e. The zero-order valence-electron chi connectivity index (χ0n) is 31.2. The lowest BCUT2D eigenvalue weighted by atomic mass is 9.75. The molecule has 1 aliphatic heterocycles. The van der Waals surface area contributed by atoms with Gasteiger partial charge in [0.05, 0.1) is 23.4 Å². The Kier molecular flexibility index (Phi) is 12.8. The number of amides is 2. The highest BCUT2D eigenvalue weighted by Gasteiger charge is 2.37. The summed E-state index contributed by atoms with van der Waals surface area (Å²) in [5.74, 6) is -2.53. The normalized spacial score (nSPS) is 20.1. The first-order chi connectivity index (χ1) is 26.2. The van der Waals surface area contributed by atoms with Crippen molar-refractivity contribution in [2.24, 2.45) is 22.7 Å². The van der Waals surface area contributed by atoms with E-state index in [1.165, 1.54) is 30.8 Å². The lowest BCUT2D eigenvalue weighted by molar-refractivity contribution is -0.152. The second-order valence-corrected chi connectivity index (χ2v) is 15.2. The Hall–Kier alpha value is -5.94. The molecule has 2 unspecified atom stereocenters. The molecule has 0 saturated heterocycles. The number of carbonyl (C=O) groups excluding carboxylic acids is 3. The molecule has 286 valence electrons. The molecule has 1 fully saturated rings. The number of rotatable bonds is 12. The van der Waals surface area contributed by atoms with Gasteiger partial charge >= 0.3 is 17.9 Å². The number of ether oxygens (including phenoxy) is 1. The summed E-state index contributed by atoms with van der Waals surface area (Å²) in [6.45, 7) is 17.3. The predicted molar refractivity (Wildman–Crippen MR) is 210 cm³/mol. The average molecular weight is 766 g/mol. The molecule has 2 aromatic carbocycles. The summed E-state index contributed by atoms with van der Waals surface area (Å²) in [6, 6.07) is 13.0. The number of carbonyl (C=O) groups is 5. The molecule has 2 aliphatic rings. The maximum Gasteiger partial charge on any atom is 0.342 e. The van der Waals surface area contributed by atoms with E-state index in [0.29, 0.717) is 51.1 Å². The summed E-state index contributed by atoms with van der Waals surface area (Å²) < 4.78 is 6.17. The van der Waals surface area contributed by atoms with Crippen molar-refractivity contribution in [2.75, 3.05) is 11.1 Å². The third kappa shape index (κ3) is 9.60. The first-order valence-electron chi connectivity index (χ1n) is 17.9. The van der Waals surface area contributed by atoms with Gasteiger partial charge in [0.1, 0.15) is 23.3 Å². The van der Waals surface area contributed by atoms with Gasteiger partial charge in [-0.15, -0.1) is 11.8 Å². The first-order valence-corrected chi connectivity index (χ1v) is 18.9. The minimum absolute atomic E-state index is 0.0225. The van der Waals surface area contributed by atoms with E-state index >= 15 is 0 Å². The Morgan fingerprint density at radius 2 is 1.64 bits per heavy atom. The highest BCUT2D eigenvalue weighted by atomic mass is 32.2. The maximum absolute atomic E-state index is 14.0. The number of anilines is 1. The number of aromatic nitrogens is 1. The fourth-order valence-corrected chi connectivity index (χ4v) is 8.18. The van der Waals surface area contributed by atoms with Gasteiger partial charge in [-0.25, -0.2) is 24.2 Å². The number of carboxylic acids is 2. The van der Waals surface area contributed by atoms with Crippen molar-refractivity contribution in [1.82, 2.24) is 10.3 Å². The first kappa shape index (κ1) is 40.2. The quantitative estimate of drug-likeness (QED) is 0.0527. The Bertz CT molecular complexity index is 2120. The lowest BCUT2D eigenvalue weighted by Crippen LogP contribution is -2.40. The zero-order valence-corrected chi connectivity index (χ0v) is 32.0. The number of thioether (sulfide) groups is 1. The minimum Gasteiger partial charge on any atom is -0.478 e. The van der Waals surface area contributed by atoms with E-state index in [9.17, 15) is 34.2 Å². The molecule has 1 aliphatic carbocycles. The minimum atomic E-state index is -1.25. The molecule has 14 heteroatoms. The fourth-order valence-electron chi connectivity index (χ4n) is 7.23. The monoisotopic (exact) mass is 765 g/mol. The summed E-state index contributed by atoms with van der Waals surface area (Å²) in [6.07, 6.45) is 3.53. The molecule has 1 saturated carbocycles. The molecule has 3 aromatic rings. The summed E-state index contributed by atoms with van der Waals surface area (Å²) in [4.78, 5) is 74.5. The number of carboxylic acid groups (broad SMARTS) is 2. The van der Waals surface area contributed by atoms with Gasteiger partial charge in [0.25, 0.3) is 0 Å². The van der Waals surface area contributed by atoms with Crippen molar-refractivity contribution in [3.05, 3.63) is 93.6 Å². The molecule has 2 heterocycles. The van der Waals surface area contributed by atoms with Crippen LogP contribution >= 0.6 is 11.8 Å². The molecule has 0 spiro atoms. The topological polar surface area (TPSA) is 192 Å². The van der Waals surface area contributed by atoms with Crippen LogP contribution in [0.25, 0.3) is 22.0 Å². The average Bonchev–Trinajstić information content (AvgIpc) is 3.62. The van der Waals surface area contributed by atoms with Gasteiger partial charge in [-0.1, -0.05) is 51.1 Å². The molecule has 13 nitrogen and oxygen atoms in total. The van der Waals surface area contributed by atoms with Crippen LogP contribution < -0.4 is 10.6 Å². The number of allylic oxidation sites excluding steroid dienone is 1. The summed E-state index contributed by atoms with van der Waals surface area (Å²) >= 11 is 1.22. The largest absolute Gasteiger partial charge is 0.478 e. The van der Waals surface area contributed by atoms with E-state index in [0.717, 1.165) is 18.9 Å². The van der Waals surface area contributed by atoms with Crippen molar-refractivity contribution in [2.45, 2.75) is 71.3 Å². The highest BCUT2D eigenvalue weighted by molar-refractivity contribution is 7.99. The number of hydrogen-bond donors (Lipinski definition) is 5. The SMILES string of the molecule is [C-]#[N+]c1c(NC(C)=O)[nH]c(/C=C2\N=C(NC(=O)CCCSc3cc(C(=O)O)cc(C(=O)O)c3)C(C(=O)OC3C(C)CC(C)CC3C)=C2C)c1-c1ccccc1. The van der Waals surface area contributed by atoms with E-state index in [1.54, 1.807) is 13.0 Å². The number of aliphatic imine (C=N–C) groups is 1. The van der Waals surface area contributed by atoms with Gasteiger partial charge < -0.3 is 30.6 Å². The van der Waals surface area contributed by atoms with Crippen LogP contribution in [0.15, 0.2) is 75.3 Å². The Morgan fingerprint density at radius 1 is 1.00 bits per heavy atom. The summed E-state index contributed by atoms with van der Waals surface area (Å²) in [5.41, 5.74) is 2.50. The molecule has 2 amide bonds. The van der Waals surface area contributed by atoms with E-state index in [1.807, 2.05) is 30.3 Å². The van der Waals surface area contributed by atoms with Crippen LogP contribution in [0, 0.1) is 24.3 Å². The number of aromatic amines is 1. The maximum atomic E-state index is 14.0. The van der Waals surface area contributed by atoms with Crippen LogP contribution in [-0.4, -0.2) is 62.6 Å². The van der Waals surface area contributed by atoms with Crippen molar-refractivity contribution in [1.29, 1.82) is 0 Å². The third-order valence-corrected chi connectivity index (χ3v) is 10.6. The second-order valence-electron chi connectivity index (χ2n) is 14.0. The van der Waals surface area contributed by atoms with Crippen molar-refractivity contribution >= 4 is 64.9 Å². The molecule has 0 bridgehead atoms. The van der Waals surface area contributed by atoms with Gasteiger partial charge in [-0.05, 0) is 85.1 Å². The lowest BCUT2D eigenvalue weighted by Gasteiger charge is -2.37. The number of nitrogens with one attached hydrogen (secondary N) is 3. The zero-order chi connectivity index (χ0) is 40.0. The van der Waals surface area contributed by atoms with Gasteiger partial charge in [0, 0.05) is 29.5 Å². The molecular weight excluding hydrogens is 723 g/mol. The van der Waals surface area contributed by atoms with Gasteiger partial charge in [-0.2, -0.15) is 0 Å². The van der Waals surface area contributed by atoms with Gasteiger partial charge in [0.15, 0.2) is 0 Å². The van der Waals surface area contributed by atoms with E-state index in [2.05, 4.69) is 41.2 Å². The van der Waals surface area contributed by atoms with E-state index in [-0.39, 0.29) is 64.3 Å². The fraction of sp³-hybridized carbons (Fsp3) is 0.341. The molecule has 1 aromatic heterocycles. The Balaban J connectivity index is 1.44. The van der Waals surface area contributed by atoms with Crippen LogP contribution in [-0.2, 0) is 19.1 Å². The summed E-state index contributed by atoms with van der Waals surface area (Å²) in [7, 11) is 0. The molecule has 0 radical (unpaired) electrons. The standard InChI is InChI=1S/C41H43N5O8S/c1-21-15-22(2)36(23(3)16-21)54-41(53)33-24(4)30(20-31-34(26-11-8-7-9-12-26)35(42-6)38(45-31)43-25(5)47)44-37(33)46-32(48)13-10-14-55-29-18-27(39(49)50)17-28(19-29)40(51)52/h7-9,11-12,17-23,36,45H,10,13-16H2,1-5H3,(H,43,47)(H,49,50)(H,51,52)(H,44,46,48)/b30-20-.